The van der Waals surface area contributed by atoms with E-state index in [2.05, 4.69) is 26.0 Å². The average molecular weight is 260 g/mol. The lowest BCUT2D eigenvalue weighted by Crippen LogP contribution is -2.19. The van der Waals surface area contributed by atoms with Gasteiger partial charge in [-0.05, 0) is 68.1 Å². The van der Waals surface area contributed by atoms with Gasteiger partial charge in [-0.15, -0.1) is 0 Å². The van der Waals surface area contributed by atoms with Gasteiger partial charge in [0.1, 0.15) is 5.78 Å². The third-order valence-corrected chi connectivity index (χ3v) is 6.46. The van der Waals surface area contributed by atoms with Crippen LogP contribution in [0.2, 0.25) is 0 Å². The summed E-state index contributed by atoms with van der Waals surface area (Å²) in [4.78, 5) is 12.2. The van der Waals surface area contributed by atoms with Crippen LogP contribution in [0.3, 0.4) is 0 Å². The molecule has 1 heteroatoms. The quantitative estimate of drug-likeness (QED) is 0.674. The topological polar surface area (TPSA) is 17.1 Å². The van der Waals surface area contributed by atoms with Crippen molar-refractivity contribution in [1.82, 2.24) is 0 Å². The van der Waals surface area contributed by atoms with Crippen LogP contribution in [0.15, 0.2) is 12.2 Å². The third-order valence-electron chi connectivity index (χ3n) is 6.46. The Bertz CT molecular complexity index is 346. The van der Waals surface area contributed by atoms with Crippen LogP contribution in [0.4, 0.5) is 0 Å². The number of hydrogen-bond donors (Lipinski definition) is 0. The van der Waals surface area contributed by atoms with Crippen molar-refractivity contribution in [3.63, 3.8) is 0 Å². The van der Waals surface area contributed by atoms with E-state index in [0.717, 1.165) is 48.9 Å². The Kier molecular flexibility index (Phi) is 3.82. The van der Waals surface area contributed by atoms with Gasteiger partial charge in [-0.1, -0.05) is 26.0 Å². The van der Waals surface area contributed by atoms with Gasteiger partial charge in [-0.3, -0.25) is 4.79 Å². The van der Waals surface area contributed by atoms with Crippen LogP contribution in [-0.2, 0) is 4.79 Å². The molecule has 0 N–H and O–H groups in total. The van der Waals surface area contributed by atoms with Crippen molar-refractivity contribution in [2.45, 2.75) is 58.8 Å². The molecule has 0 saturated heterocycles. The summed E-state index contributed by atoms with van der Waals surface area (Å²) in [6.45, 7) is 4.90. The third kappa shape index (κ3) is 2.66. The maximum Gasteiger partial charge on any atom is 0.136 e. The van der Waals surface area contributed by atoms with Gasteiger partial charge in [-0.25, -0.2) is 0 Å². The van der Waals surface area contributed by atoms with Crippen LogP contribution in [0.25, 0.3) is 0 Å². The smallest absolute Gasteiger partial charge is 0.136 e. The summed E-state index contributed by atoms with van der Waals surface area (Å²) in [7, 11) is 0. The predicted molar refractivity (Wildman–Crippen MR) is 78.8 cm³/mol. The fourth-order valence-electron chi connectivity index (χ4n) is 4.92. The summed E-state index contributed by atoms with van der Waals surface area (Å²) in [5.74, 6) is 5.47. The summed E-state index contributed by atoms with van der Waals surface area (Å²) in [5.41, 5.74) is 0. The minimum Gasteiger partial charge on any atom is -0.299 e. The zero-order chi connectivity index (χ0) is 13.4. The van der Waals surface area contributed by atoms with Crippen molar-refractivity contribution >= 4 is 5.78 Å². The lowest BCUT2D eigenvalue weighted by molar-refractivity contribution is -0.122. The maximum absolute atomic E-state index is 12.2. The zero-order valence-corrected chi connectivity index (χ0v) is 12.5. The minimum absolute atomic E-state index is 0.332. The van der Waals surface area contributed by atoms with Gasteiger partial charge in [0, 0.05) is 12.3 Å². The fraction of sp³-hybridized carbons (Fsp3) is 0.833. The van der Waals surface area contributed by atoms with Gasteiger partial charge in [-0.2, -0.15) is 0 Å². The summed E-state index contributed by atoms with van der Waals surface area (Å²) in [6.07, 6.45) is 12.6. The van der Waals surface area contributed by atoms with Crippen molar-refractivity contribution in [2.24, 2.45) is 35.5 Å². The lowest BCUT2D eigenvalue weighted by atomic mass is 9.77. The van der Waals surface area contributed by atoms with E-state index >= 15 is 0 Å². The highest BCUT2D eigenvalue weighted by molar-refractivity contribution is 5.81. The summed E-state index contributed by atoms with van der Waals surface area (Å²) in [6, 6.07) is 0. The van der Waals surface area contributed by atoms with Crippen LogP contribution in [0.1, 0.15) is 58.8 Å². The van der Waals surface area contributed by atoms with E-state index in [-0.39, 0.29) is 0 Å². The summed E-state index contributed by atoms with van der Waals surface area (Å²) >= 11 is 0. The normalized spacial score (nSPS) is 41.9. The number of allylic oxidation sites excluding steroid dienone is 2. The van der Waals surface area contributed by atoms with E-state index in [1.165, 1.54) is 25.7 Å². The number of hydrogen-bond acceptors (Lipinski definition) is 1. The largest absolute Gasteiger partial charge is 0.299 e. The molecule has 2 fully saturated rings. The number of Topliss-reactive ketones (excluding diaryl/α,β-unsaturated/α-hetero) is 1. The van der Waals surface area contributed by atoms with E-state index in [0.29, 0.717) is 11.7 Å². The number of rotatable bonds is 4. The predicted octanol–water partition coefficient (Wildman–Crippen LogP) is 4.62. The van der Waals surface area contributed by atoms with E-state index < -0.39 is 0 Å². The monoisotopic (exact) mass is 260 g/mol. The molecule has 1 nitrogen and oxygen atoms in total. The van der Waals surface area contributed by atoms with E-state index in [1.807, 2.05) is 0 Å². The molecule has 2 bridgehead atoms. The molecule has 0 aliphatic heterocycles. The van der Waals surface area contributed by atoms with Gasteiger partial charge in [0.25, 0.3) is 0 Å². The average Bonchev–Trinajstić information content (AvgIpc) is 3.02. The standard InChI is InChI=1S/C18H28O/c1-12-13(2)17-10-14(9-16(12)11-17)7-8-18(19)15-5-3-4-6-15/h3-4,12-17H,5-11H2,1-2H3. The Balaban J connectivity index is 1.48. The first kappa shape index (κ1) is 13.4. The minimum atomic E-state index is 0.332. The molecule has 0 amide bonds. The molecule has 0 aromatic heterocycles. The van der Waals surface area contributed by atoms with E-state index in [4.69, 9.17) is 0 Å². The molecule has 0 radical (unpaired) electrons. The molecule has 0 spiro atoms. The molecule has 3 aliphatic carbocycles. The molecule has 0 aromatic carbocycles. The van der Waals surface area contributed by atoms with E-state index in [1.54, 1.807) is 0 Å². The SMILES string of the molecule is CC1C2CC(CCC(=O)C3CC=CC3)CC(C2)C1C. The first-order chi connectivity index (χ1) is 9.15. The number of carbonyl (C=O) groups excluding carboxylic acids is 1. The first-order valence-corrected chi connectivity index (χ1v) is 8.33. The molecule has 2 saturated carbocycles. The Morgan fingerprint density at radius 2 is 1.58 bits per heavy atom. The van der Waals surface area contributed by atoms with Gasteiger partial charge < -0.3 is 0 Å². The molecule has 3 aliphatic rings. The van der Waals surface area contributed by atoms with Crippen LogP contribution >= 0.6 is 0 Å². The van der Waals surface area contributed by atoms with Crippen molar-refractivity contribution in [3.8, 4) is 0 Å². The van der Waals surface area contributed by atoms with Crippen molar-refractivity contribution in [2.75, 3.05) is 0 Å². The summed E-state index contributed by atoms with van der Waals surface area (Å²) in [5, 5.41) is 0. The second-order valence-electron chi connectivity index (χ2n) is 7.46. The number of fused-ring (bicyclic) bond motifs is 2. The highest BCUT2D eigenvalue weighted by Crippen LogP contribution is 2.52. The van der Waals surface area contributed by atoms with Crippen LogP contribution < -0.4 is 0 Å². The first-order valence-electron chi connectivity index (χ1n) is 8.33. The molecular formula is C18H28O. The van der Waals surface area contributed by atoms with Gasteiger partial charge >= 0.3 is 0 Å². The Labute approximate surface area is 117 Å². The Hall–Kier alpha value is -0.590. The molecule has 4 atom stereocenters. The van der Waals surface area contributed by atoms with Crippen molar-refractivity contribution in [1.29, 1.82) is 0 Å². The molecule has 0 heterocycles. The molecular weight excluding hydrogens is 232 g/mol. The lowest BCUT2D eigenvalue weighted by Gasteiger charge is -2.28. The fourth-order valence-corrected chi connectivity index (χ4v) is 4.92. The summed E-state index contributed by atoms with van der Waals surface area (Å²) < 4.78 is 0. The highest BCUT2D eigenvalue weighted by Gasteiger charge is 2.43. The molecule has 3 rings (SSSR count). The van der Waals surface area contributed by atoms with Crippen LogP contribution in [0.5, 0.6) is 0 Å². The number of carbonyl (C=O) groups is 1. The van der Waals surface area contributed by atoms with Crippen LogP contribution in [-0.4, -0.2) is 5.78 Å². The highest BCUT2D eigenvalue weighted by atomic mass is 16.1. The molecule has 4 unspecified atom stereocenters. The Morgan fingerprint density at radius 3 is 2.16 bits per heavy atom. The second-order valence-corrected chi connectivity index (χ2v) is 7.46. The Morgan fingerprint density at radius 1 is 1.00 bits per heavy atom. The maximum atomic E-state index is 12.2. The molecule has 0 aromatic rings. The second kappa shape index (κ2) is 5.42. The van der Waals surface area contributed by atoms with Crippen molar-refractivity contribution < 1.29 is 4.79 Å². The van der Waals surface area contributed by atoms with Crippen molar-refractivity contribution in [3.05, 3.63) is 12.2 Å². The molecule has 19 heavy (non-hydrogen) atoms. The van der Waals surface area contributed by atoms with E-state index in [9.17, 15) is 4.79 Å². The van der Waals surface area contributed by atoms with Gasteiger partial charge in [0.05, 0.1) is 0 Å². The molecule has 106 valence electrons. The van der Waals surface area contributed by atoms with Gasteiger partial charge in [0.2, 0.25) is 0 Å². The van der Waals surface area contributed by atoms with Crippen LogP contribution in [0, 0.1) is 35.5 Å². The zero-order valence-electron chi connectivity index (χ0n) is 12.5. The van der Waals surface area contributed by atoms with Gasteiger partial charge in [0.15, 0.2) is 0 Å². The number of ketones is 1.